The molecule has 4 aromatic carbocycles. The molecule has 0 bridgehead atoms. The van der Waals surface area contributed by atoms with Crippen LogP contribution >= 0.6 is 0 Å². The first-order chi connectivity index (χ1) is 18.0. The van der Waals surface area contributed by atoms with Crippen LogP contribution in [0.1, 0.15) is 0 Å². The highest BCUT2D eigenvalue weighted by Gasteiger charge is 2.29. The standard InChI is InChI=1S/C26H25FN4O5S2/c1-30(2)38(35,36)31(25-13-6-5-11-23(25)27)18-26(32)28-20-14-16-21(17-15-20)37(33,34)29-24-12-7-9-19-8-3-4-10-22(19)24/h3-17,29H,18H2,1-2H3,(H,28,32). The molecule has 12 heteroatoms. The van der Waals surface area contributed by atoms with Crippen LogP contribution in [0.2, 0.25) is 0 Å². The van der Waals surface area contributed by atoms with E-state index in [1.165, 1.54) is 56.6 Å². The van der Waals surface area contributed by atoms with Crippen molar-refractivity contribution in [2.24, 2.45) is 0 Å². The Hall–Kier alpha value is -4.00. The third kappa shape index (κ3) is 5.77. The zero-order chi connectivity index (χ0) is 27.5. The van der Waals surface area contributed by atoms with Crippen LogP contribution in [0.3, 0.4) is 0 Å². The molecule has 1 amide bonds. The van der Waals surface area contributed by atoms with E-state index in [0.29, 0.717) is 9.99 Å². The Morgan fingerprint density at radius 1 is 0.816 bits per heavy atom. The first kappa shape index (κ1) is 27.0. The number of hydrogen-bond acceptors (Lipinski definition) is 5. The van der Waals surface area contributed by atoms with E-state index in [1.807, 2.05) is 30.3 Å². The summed E-state index contributed by atoms with van der Waals surface area (Å²) in [4.78, 5) is 12.7. The fourth-order valence-corrected chi connectivity index (χ4v) is 5.86. The molecule has 2 N–H and O–H groups in total. The summed E-state index contributed by atoms with van der Waals surface area (Å²) in [5.41, 5.74) is 0.378. The van der Waals surface area contributed by atoms with Crippen molar-refractivity contribution < 1.29 is 26.0 Å². The van der Waals surface area contributed by atoms with Gasteiger partial charge in [-0.15, -0.1) is 0 Å². The number of benzene rings is 4. The van der Waals surface area contributed by atoms with E-state index < -0.39 is 38.5 Å². The molecule has 4 rings (SSSR count). The maximum absolute atomic E-state index is 14.4. The molecule has 0 saturated carbocycles. The number of nitrogens with one attached hydrogen (secondary N) is 2. The van der Waals surface area contributed by atoms with Crippen LogP contribution in [-0.2, 0) is 25.0 Å². The van der Waals surface area contributed by atoms with Gasteiger partial charge < -0.3 is 5.32 Å². The minimum atomic E-state index is -4.20. The average molecular weight is 557 g/mol. The van der Waals surface area contributed by atoms with E-state index >= 15 is 0 Å². The number of amides is 1. The number of nitrogens with zero attached hydrogens (tertiary/aromatic N) is 2. The van der Waals surface area contributed by atoms with Gasteiger partial charge >= 0.3 is 10.2 Å². The number of para-hydroxylation sites is 1. The van der Waals surface area contributed by atoms with Gasteiger partial charge in [0.05, 0.1) is 16.3 Å². The lowest BCUT2D eigenvalue weighted by Crippen LogP contribution is -2.44. The van der Waals surface area contributed by atoms with Crippen molar-refractivity contribution >= 4 is 54.0 Å². The van der Waals surface area contributed by atoms with Crippen LogP contribution in [0.4, 0.5) is 21.5 Å². The molecule has 0 fully saturated rings. The quantitative estimate of drug-likeness (QED) is 0.323. The van der Waals surface area contributed by atoms with Crippen LogP contribution < -0.4 is 14.3 Å². The Morgan fingerprint density at radius 3 is 2.13 bits per heavy atom. The summed E-state index contributed by atoms with van der Waals surface area (Å²) in [7, 11) is -5.59. The summed E-state index contributed by atoms with van der Waals surface area (Å²) in [5, 5.41) is 4.15. The third-order valence-electron chi connectivity index (χ3n) is 5.63. The van der Waals surface area contributed by atoms with Crippen molar-refractivity contribution in [3.63, 3.8) is 0 Å². The lowest BCUT2D eigenvalue weighted by Gasteiger charge is -2.27. The lowest BCUT2D eigenvalue weighted by molar-refractivity contribution is -0.114. The van der Waals surface area contributed by atoms with E-state index in [2.05, 4.69) is 10.0 Å². The number of carbonyl (C=O) groups is 1. The van der Waals surface area contributed by atoms with Gasteiger partial charge in [-0.05, 0) is 47.9 Å². The molecule has 0 spiro atoms. The van der Waals surface area contributed by atoms with Gasteiger partial charge in [0.15, 0.2) is 0 Å². The second kappa shape index (κ2) is 10.8. The van der Waals surface area contributed by atoms with E-state index in [9.17, 15) is 26.0 Å². The molecule has 0 atom stereocenters. The molecule has 0 radical (unpaired) electrons. The zero-order valence-corrected chi connectivity index (χ0v) is 22.1. The first-order valence-electron chi connectivity index (χ1n) is 11.3. The van der Waals surface area contributed by atoms with Crippen LogP contribution in [0.5, 0.6) is 0 Å². The van der Waals surface area contributed by atoms with Gasteiger partial charge in [0.25, 0.3) is 10.0 Å². The fourth-order valence-electron chi connectivity index (χ4n) is 3.71. The number of hydrogen-bond donors (Lipinski definition) is 2. The number of carbonyl (C=O) groups excluding carboxylic acids is 1. The molecule has 0 aliphatic rings. The van der Waals surface area contributed by atoms with Crippen LogP contribution in [0.25, 0.3) is 10.8 Å². The Bertz CT molecular complexity index is 1690. The SMILES string of the molecule is CN(C)S(=O)(=O)N(CC(=O)Nc1ccc(S(=O)(=O)Nc2cccc3ccccc23)cc1)c1ccccc1F. The van der Waals surface area contributed by atoms with Crippen molar-refractivity contribution in [2.75, 3.05) is 35.0 Å². The first-order valence-corrected chi connectivity index (χ1v) is 14.2. The smallest absolute Gasteiger partial charge is 0.304 e. The van der Waals surface area contributed by atoms with Crippen molar-refractivity contribution in [2.45, 2.75) is 4.90 Å². The predicted molar refractivity (Wildman–Crippen MR) is 146 cm³/mol. The van der Waals surface area contributed by atoms with E-state index in [1.54, 1.807) is 12.1 Å². The topological polar surface area (TPSA) is 116 Å². The molecule has 0 heterocycles. The maximum atomic E-state index is 14.4. The second-order valence-electron chi connectivity index (χ2n) is 8.45. The highest BCUT2D eigenvalue weighted by molar-refractivity contribution is 7.92. The van der Waals surface area contributed by atoms with Gasteiger partial charge in [-0.25, -0.2) is 17.1 Å². The summed E-state index contributed by atoms with van der Waals surface area (Å²) >= 11 is 0. The number of rotatable bonds is 9. The van der Waals surface area contributed by atoms with Crippen LogP contribution in [0, 0.1) is 5.82 Å². The zero-order valence-electron chi connectivity index (χ0n) is 20.5. The van der Waals surface area contributed by atoms with E-state index in [4.69, 9.17) is 0 Å². The average Bonchev–Trinajstić information content (AvgIpc) is 2.88. The minimum absolute atomic E-state index is 0.0356. The maximum Gasteiger partial charge on any atom is 0.304 e. The molecule has 4 aromatic rings. The van der Waals surface area contributed by atoms with Gasteiger partial charge in [0, 0.05) is 25.2 Å². The molecule has 0 aromatic heterocycles. The van der Waals surface area contributed by atoms with Crippen LogP contribution in [-0.4, -0.2) is 47.7 Å². The lowest BCUT2D eigenvalue weighted by atomic mass is 10.1. The molecular formula is C26H25FN4O5S2. The van der Waals surface area contributed by atoms with Crippen molar-refractivity contribution in [1.29, 1.82) is 0 Å². The Kier molecular flexibility index (Phi) is 7.67. The molecule has 38 heavy (non-hydrogen) atoms. The van der Waals surface area contributed by atoms with Crippen molar-refractivity contribution in [3.8, 4) is 0 Å². The summed E-state index contributed by atoms with van der Waals surface area (Å²) in [6.07, 6.45) is 0. The highest BCUT2D eigenvalue weighted by Crippen LogP contribution is 2.26. The fraction of sp³-hybridized carbons (Fsp3) is 0.115. The van der Waals surface area contributed by atoms with Crippen LogP contribution in [0.15, 0.2) is 95.9 Å². The van der Waals surface area contributed by atoms with E-state index in [0.717, 1.165) is 21.1 Å². The summed E-state index contributed by atoms with van der Waals surface area (Å²) in [6, 6.07) is 23.3. The molecule has 9 nitrogen and oxygen atoms in total. The van der Waals surface area contributed by atoms with Gasteiger partial charge in [-0.1, -0.05) is 48.5 Å². The molecule has 0 aliphatic carbocycles. The monoisotopic (exact) mass is 556 g/mol. The summed E-state index contributed by atoms with van der Waals surface area (Å²) in [6.45, 7) is -0.704. The normalized spacial score (nSPS) is 11.9. The number of halogens is 1. The van der Waals surface area contributed by atoms with Gasteiger partial charge in [0.1, 0.15) is 12.4 Å². The third-order valence-corrected chi connectivity index (χ3v) is 8.82. The molecule has 0 saturated heterocycles. The molecule has 0 aliphatic heterocycles. The second-order valence-corrected chi connectivity index (χ2v) is 12.2. The Morgan fingerprint density at radius 2 is 1.45 bits per heavy atom. The summed E-state index contributed by atoms with van der Waals surface area (Å²) < 4.78 is 70.0. The van der Waals surface area contributed by atoms with Crippen molar-refractivity contribution in [1.82, 2.24) is 4.31 Å². The highest BCUT2D eigenvalue weighted by atomic mass is 32.2. The van der Waals surface area contributed by atoms with Crippen molar-refractivity contribution in [3.05, 3.63) is 96.8 Å². The molecule has 198 valence electrons. The summed E-state index contributed by atoms with van der Waals surface area (Å²) in [5.74, 6) is -1.55. The molecular weight excluding hydrogens is 531 g/mol. The minimum Gasteiger partial charge on any atom is -0.325 e. The Labute approximate surface area is 220 Å². The number of fused-ring (bicyclic) bond motifs is 1. The molecule has 0 unspecified atom stereocenters. The predicted octanol–water partition coefficient (Wildman–Crippen LogP) is 4.03. The number of sulfonamides is 1. The van der Waals surface area contributed by atoms with E-state index in [-0.39, 0.29) is 16.3 Å². The Balaban J connectivity index is 1.51. The van der Waals surface area contributed by atoms with Gasteiger partial charge in [-0.3, -0.25) is 9.52 Å². The van der Waals surface area contributed by atoms with Gasteiger partial charge in [-0.2, -0.15) is 12.7 Å². The van der Waals surface area contributed by atoms with Gasteiger partial charge in [0.2, 0.25) is 5.91 Å². The number of anilines is 3. The largest absolute Gasteiger partial charge is 0.325 e.